The minimum Gasteiger partial charge on any atom is -0.459 e. The summed E-state index contributed by atoms with van der Waals surface area (Å²) in [5.74, 6) is -8.45. The molecular weight excluding hydrogens is 490 g/mol. The first-order valence-corrected chi connectivity index (χ1v) is 7.86. The van der Waals surface area contributed by atoms with Gasteiger partial charge in [0.25, 0.3) is 5.91 Å². The van der Waals surface area contributed by atoms with Crippen molar-refractivity contribution in [3.8, 4) is 0 Å². The van der Waals surface area contributed by atoms with Gasteiger partial charge in [0.05, 0.1) is 19.5 Å². The molecule has 6 nitrogen and oxygen atoms in total. The lowest BCUT2D eigenvalue weighted by Gasteiger charge is -2.37. The Bertz CT molecular complexity index is 767. The van der Waals surface area contributed by atoms with Gasteiger partial charge in [0.15, 0.2) is 5.76 Å². The third kappa shape index (κ3) is 4.47. The van der Waals surface area contributed by atoms with Crippen molar-refractivity contribution >= 4 is 5.91 Å². The molecule has 1 saturated heterocycles. The van der Waals surface area contributed by atoms with Gasteiger partial charge in [-0.05, 0) is 12.1 Å². The highest BCUT2D eigenvalue weighted by molar-refractivity contribution is 5.91. The molecule has 1 atom stereocenters. The monoisotopic (exact) mass is 499 g/mol. The molecule has 1 aliphatic rings. The van der Waals surface area contributed by atoms with E-state index in [1.807, 2.05) is 0 Å². The highest BCUT2D eigenvalue weighted by Gasteiger charge is 2.78. The number of furan rings is 1. The van der Waals surface area contributed by atoms with Crippen molar-refractivity contribution in [2.75, 3.05) is 13.2 Å². The Morgan fingerprint density at radius 3 is 1.91 bits per heavy atom. The van der Waals surface area contributed by atoms with E-state index in [4.69, 9.17) is 0 Å². The maximum absolute atomic E-state index is 13.4. The first kappa shape index (κ1) is 26.0. The number of ether oxygens (including phenoxy) is 3. The quantitative estimate of drug-likeness (QED) is 0.489. The minimum atomic E-state index is -6.49. The summed E-state index contributed by atoms with van der Waals surface area (Å²) >= 11 is 0. The van der Waals surface area contributed by atoms with E-state index in [2.05, 4.69) is 18.6 Å². The summed E-state index contributed by atoms with van der Waals surface area (Å²) in [7, 11) is 0. The van der Waals surface area contributed by atoms with Gasteiger partial charge in [-0.3, -0.25) is 4.79 Å². The summed E-state index contributed by atoms with van der Waals surface area (Å²) in [4.78, 5) is 11.7. The zero-order valence-corrected chi connectivity index (χ0v) is 14.8. The van der Waals surface area contributed by atoms with E-state index in [0.29, 0.717) is 11.4 Å². The maximum atomic E-state index is 13.4. The Kier molecular flexibility index (Phi) is 6.49. The fourth-order valence-corrected chi connectivity index (χ4v) is 2.40. The number of amides is 1. The van der Waals surface area contributed by atoms with Gasteiger partial charge in [-0.1, -0.05) is 0 Å². The number of halogens is 12. The van der Waals surface area contributed by atoms with Gasteiger partial charge >= 0.3 is 36.2 Å². The first-order chi connectivity index (χ1) is 14.3. The van der Waals surface area contributed by atoms with Crippen molar-refractivity contribution in [1.29, 1.82) is 0 Å². The Morgan fingerprint density at radius 1 is 1.00 bits per heavy atom. The Balaban J connectivity index is 2.33. The second kappa shape index (κ2) is 7.98. The molecule has 0 spiro atoms. The van der Waals surface area contributed by atoms with Gasteiger partial charge in [-0.25, -0.2) is 0 Å². The van der Waals surface area contributed by atoms with Crippen LogP contribution in [0.25, 0.3) is 0 Å². The second-order valence-corrected chi connectivity index (χ2v) is 6.08. The average Bonchev–Trinajstić information content (AvgIpc) is 3.24. The largest absolute Gasteiger partial charge is 0.459 e. The summed E-state index contributed by atoms with van der Waals surface area (Å²) < 4.78 is 172. The van der Waals surface area contributed by atoms with Gasteiger partial charge in [-0.15, -0.1) is 0 Å². The predicted octanol–water partition coefficient (Wildman–Crippen LogP) is 4.08. The number of carbonyl (C=O) groups is 1. The molecule has 2 heterocycles. The van der Waals surface area contributed by atoms with Gasteiger partial charge in [-0.2, -0.15) is 52.7 Å². The molecule has 1 aromatic heterocycles. The summed E-state index contributed by atoms with van der Waals surface area (Å²) in [6, 6.07) is 1.60. The third-order valence-corrected chi connectivity index (χ3v) is 3.87. The lowest BCUT2D eigenvalue weighted by molar-refractivity contribution is -0.445. The number of alkyl halides is 12. The molecule has 1 fully saturated rings. The van der Waals surface area contributed by atoms with Crippen LogP contribution in [-0.4, -0.2) is 61.4 Å². The fourth-order valence-electron chi connectivity index (χ4n) is 2.40. The van der Waals surface area contributed by atoms with Crippen LogP contribution in [0.5, 0.6) is 0 Å². The van der Waals surface area contributed by atoms with Crippen LogP contribution in [0.15, 0.2) is 22.8 Å². The molecule has 1 N–H and O–H groups in total. The molecule has 18 heteroatoms. The number of nitrogens with one attached hydrogen (secondary N) is 1. The Hall–Kier alpha value is -2.21. The summed E-state index contributed by atoms with van der Waals surface area (Å²) in [6.07, 6.45) is -27.5. The van der Waals surface area contributed by atoms with Crippen LogP contribution in [0.4, 0.5) is 52.7 Å². The standard InChI is InChI=1S/C14H9F12NO5/c15-11(16,17)9(12(18,19)20,27-8(28)7-2-1-3-29-7)30-4-6-5-31-10(32-6,13(21,22)23)14(24,25)26/h1-3,6H,4-5H2,(H,27,28). The van der Waals surface area contributed by atoms with Crippen LogP contribution in [0, 0.1) is 0 Å². The first-order valence-electron chi connectivity index (χ1n) is 7.86. The van der Waals surface area contributed by atoms with E-state index in [9.17, 15) is 57.5 Å². The third-order valence-electron chi connectivity index (χ3n) is 3.87. The molecule has 0 saturated carbocycles. The molecule has 0 aliphatic carbocycles. The van der Waals surface area contributed by atoms with Crippen molar-refractivity contribution in [3.63, 3.8) is 0 Å². The maximum Gasteiger partial charge on any atom is 0.453 e. The average molecular weight is 499 g/mol. The summed E-state index contributed by atoms with van der Waals surface area (Å²) in [6.45, 7) is -3.89. The lowest BCUT2D eigenvalue weighted by Crippen LogP contribution is -2.69. The van der Waals surface area contributed by atoms with Crippen LogP contribution in [0.3, 0.4) is 0 Å². The van der Waals surface area contributed by atoms with Gasteiger partial charge < -0.3 is 23.9 Å². The molecule has 0 aromatic carbocycles. The van der Waals surface area contributed by atoms with E-state index in [1.165, 1.54) is 0 Å². The normalized spacial score (nSPS) is 20.4. The van der Waals surface area contributed by atoms with E-state index < -0.39 is 67.2 Å². The highest BCUT2D eigenvalue weighted by atomic mass is 19.4. The Morgan fingerprint density at radius 2 is 1.53 bits per heavy atom. The number of carbonyl (C=O) groups excluding carboxylic acids is 1. The smallest absolute Gasteiger partial charge is 0.453 e. The van der Waals surface area contributed by atoms with Crippen LogP contribution >= 0.6 is 0 Å². The molecule has 32 heavy (non-hydrogen) atoms. The molecule has 1 amide bonds. The lowest BCUT2D eigenvalue weighted by atomic mass is 10.1. The molecule has 2 rings (SSSR count). The second-order valence-electron chi connectivity index (χ2n) is 6.08. The zero-order chi connectivity index (χ0) is 24.8. The van der Waals surface area contributed by atoms with Gasteiger partial charge in [0.2, 0.25) is 0 Å². The molecule has 0 radical (unpaired) electrons. The minimum absolute atomic E-state index is 0.472. The van der Waals surface area contributed by atoms with Crippen LogP contribution < -0.4 is 5.32 Å². The van der Waals surface area contributed by atoms with Gasteiger partial charge in [0, 0.05) is 0 Å². The molecular formula is C14H9F12NO5. The summed E-state index contributed by atoms with van der Waals surface area (Å²) in [5.41, 5.74) is -5.55. The molecule has 1 unspecified atom stereocenters. The highest BCUT2D eigenvalue weighted by Crippen LogP contribution is 2.50. The summed E-state index contributed by atoms with van der Waals surface area (Å²) in [5, 5.41) is 0.472. The number of hydrogen-bond donors (Lipinski definition) is 1. The van der Waals surface area contributed by atoms with Crippen LogP contribution in [0.2, 0.25) is 0 Å². The topological polar surface area (TPSA) is 69.9 Å². The van der Waals surface area contributed by atoms with Gasteiger partial charge in [0.1, 0.15) is 6.10 Å². The van der Waals surface area contributed by atoms with Crippen molar-refractivity contribution < 1.29 is 76.1 Å². The Labute approximate surface area is 168 Å². The molecule has 0 bridgehead atoms. The van der Waals surface area contributed by atoms with Crippen molar-refractivity contribution in [2.45, 2.75) is 42.3 Å². The number of rotatable bonds is 5. The van der Waals surface area contributed by atoms with Crippen LogP contribution in [0.1, 0.15) is 10.6 Å². The van der Waals surface area contributed by atoms with Crippen molar-refractivity contribution in [3.05, 3.63) is 24.2 Å². The predicted molar refractivity (Wildman–Crippen MR) is 72.6 cm³/mol. The van der Waals surface area contributed by atoms with Crippen molar-refractivity contribution in [2.24, 2.45) is 0 Å². The van der Waals surface area contributed by atoms with E-state index in [-0.39, 0.29) is 0 Å². The van der Waals surface area contributed by atoms with E-state index >= 15 is 0 Å². The van der Waals surface area contributed by atoms with E-state index in [0.717, 1.165) is 12.3 Å². The number of hydrogen-bond acceptors (Lipinski definition) is 5. The fraction of sp³-hybridized carbons (Fsp3) is 0.643. The SMILES string of the molecule is O=C(NC(OCC1COC(C(F)(F)F)(C(F)(F)F)O1)(C(F)(F)F)C(F)(F)F)c1ccco1. The zero-order valence-electron chi connectivity index (χ0n) is 14.8. The van der Waals surface area contributed by atoms with Crippen molar-refractivity contribution in [1.82, 2.24) is 5.32 Å². The molecule has 1 aliphatic heterocycles. The molecule has 1 aromatic rings. The van der Waals surface area contributed by atoms with E-state index in [1.54, 1.807) is 0 Å². The van der Waals surface area contributed by atoms with Crippen LogP contribution in [-0.2, 0) is 14.2 Å². The molecule has 184 valence electrons.